The monoisotopic (exact) mass is 348 g/mol. The summed E-state index contributed by atoms with van der Waals surface area (Å²) in [5.41, 5.74) is 0.722. The van der Waals surface area contributed by atoms with E-state index in [1.165, 1.54) is 0 Å². The Hall–Kier alpha value is -2.02. The number of esters is 1. The summed E-state index contributed by atoms with van der Waals surface area (Å²) < 4.78 is 5.02. The highest BCUT2D eigenvalue weighted by Crippen LogP contribution is 2.47. The van der Waals surface area contributed by atoms with Crippen molar-refractivity contribution in [2.75, 3.05) is 17.7 Å². The van der Waals surface area contributed by atoms with Crippen LogP contribution in [-0.4, -0.2) is 46.0 Å². The summed E-state index contributed by atoms with van der Waals surface area (Å²) in [5.74, 6) is -0.161. The van der Waals surface area contributed by atoms with Crippen LogP contribution in [0.25, 0.3) is 0 Å². The van der Waals surface area contributed by atoms with E-state index in [0.29, 0.717) is 23.4 Å². The molecule has 2 amide bonds. The molecule has 2 aliphatic heterocycles. The third kappa shape index (κ3) is 2.88. The van der Waals surface area contributed by atoms with Crippen LogP contribution < -0.4 is 5.32 Å². The Morgan fingerprint density at radius 1 is 1.42 bits per heavy atom. The first kappa shape index (κ1) is 16.8. The van der Waals surface area contributed by atoms with E-state index in [-0.39, 0.29) is 23.3 Å². The van der Waals surface area contributed by atoms with Crippen LogP contribution >= 0.6 is 11.8 Å². The summed E-state index contributed by atoms with van der Waals surface area (Å²) in [6.07, 6.45) is 1.24. The first-order chi connectivity index (χ1) is 11.5. The van der Waals surface area contributed by atoms with Gasteiger partial charge in [0, 0.05) is 12.2 Å². The number of carbonyl (C=O) groups is 3. The second-order valence-electron chi connectivity index (χ2n) is 6.02. The minimum absolute atomic E-state index is 0.0151. The van der Waals surface area contributed by atoms with Crippen LogP contribution in [-0.2, 0) is 14.3 Å². The van der Waals surface area contributed by atoms with Crippen LogP contribution in [0.1, 0.15) is 37.0 Å². The fourth-order valence-corrected chi connectivity index (χ4v) is 4.64. The lowest BCUT2D eigenvalue weighted by molar-refractivity contribution is -0.135. The van der Waals surface area contributed by atoms with E-state index < -0.39 is 12.0 Å². The number of benzene rings is 1. The van der Waals surface area contributed by atoms with Gasteiger partial charge in [-0.3, -0.25) is 9.59 Å². The van der Waals surface area contributed by atoms with Gasteiger partial charge in [-0.1, -0.05) is 12.1 Å². The Morgan fingerprint density at radius 3 is 2.92 bits per heavy atom. The Kier molecular flexibility index (Phi) is 4.54. The zero-order valence-electron chi connectivity index (χ0n) is 13.7. The van der Waals surface area contributed by atoms with E-state index in [2.05, 4.69) is 5.32 Å². The number of rotatable bonds is 4. The molecule has 0 saturated carbocycles. The first-order valence-electron chi connectivity index (χ1n) is 7.99. The number of hydrogen-bond donors (Lipinski definition) is 1. The van der Waals surface area contributed by atoms with Crippen LogP contribution in [0, 0.1) is 0 Å². The molecule has 2 atom stereocenters. The van der Waals surface area contributed by atoms with Crippen molar-refractivity contribution in [3.05, 3.63) is 29.8 Å². The van der Waals surface area contributed by atoms with E-state index in [1.54, 1.807) is 47.9 Å². The fourth-order valence-electron chi connectivity index (χ4n) is 3.21. The molecule has 2 aliphatic rings. The average Bonchev–Trinajstić information content (AvgIpc) is 3.05. The maximum absolute atomic E-state index is 12.7. The highest BCUT2D eigenvalue weighted by Gasteiger charge is 2.52. The van der Waals surface area contributed by atoms with Crippen LogP contribution in [0.3, 0.4) is 0 Å². The smallest absolute Gasteiger partial charge is 0.340 e. The van der Waals surface area contributed by atoms with Crippen molar-refractivity contribution in [1.29, 1.82) is 0 Å². The van der Waals surface area contributed by atoms with Gasteiger partial charge in [0.05, 0.1) is 22.7 Å². The minimum Gasteiger partial charge on any atom is -0.462 e. The molecule has 3 rings (SSSR count). The van der Waals surface area contributed by atoms with Crippen LogP contribution in [0.15, 0.2) is 24.3 Å². The molecule has 1 N–H and O–H groups in total. The van der Waals surface area contributed by atoms with Crippen molar-refractivity contribution in [2.24, 2.45) is 0 Å². The van der Waals surface area contributed by atoms with Crippen molar-refractivity contribution in [3.8, 4) is 0 Å². The molecule has 2 heterocycles. The van der Waals surface area contributed by atoms with Gasteiger partial charge in [0.1, 0.15) is 6.04 Å². The molecular weight excluding hydrogens is 328 g/mol. The maximum Gasteiger partial charge on any atom is 0.340 e. The van der Waals surface area contributed by atoms with Gasteiger partial charge in [-0.2, -0.15) is 0 Å². The summed E-state index contributed by atoms with van der Waals surface area (Å²) >= 11 is 1.64. The lowest BCUT2D eigenvalue weighted by Crippen LogP contribution is -2.48. The summed E-state index contributed by atoms with van der Waals surface area (Å²) in [6.45, 7) is 4.00. The normalized spacial score (nSPS) is 25.5. The molecule has 128 valence electrons. The van der Waals surface area contributed by atoms with Crippen LogP contribution in [0.4, 0.5) is 5.69 Å². The predicted molar refractivity (Wildman–Crippen MR) is 91.8 cm³/mol. The van der Waals surface area contributed by atoms with Gasteiger partial charge >= 0.3 is 5.97 Å². The highest BCUT2D eigenvalue weighted by atomic mass is 32.2. The van der Waals surface area contributed by atoms with E-state index in [4.69, 9.17) is 4.74 Å². The molecular formula is C17H20N2O4S. The third-order valence-corrected chi connectivity index (χ3v) is 5.93. The SMILES string of the molecule is CCOC(=O)c1ccccc1NC(=O)[C@@H]1CS[C@@]2(C)CCC(=O)N12. The van der Waals surface area contributed by atoms with E-state index in [0.717, 1.165) is 6.42 Å². The van der Waals surface area contributed by atoms with Gasteiger partial charge in [-0.25, -0.2) is 4.79 Å². The molecule has 2 fully saturated rings. The molecule has 0 unspecified atom stereocenters. The molecule has 1 aromatic carbocycles. The second-order valence-corrected chi connectivity index (χ2v) is 7.52. The first-order valence-corrected chi connectivity index (χ1v) is 8.98. The van der Waals surface area contributed by atoms with Crippen molar-refractivity contribution in [3.63, 3.8) is 0 Å². The van der Waals surface area contributed by atoms with Gasteiger partial charge in [0.2, 0.25) is 11.8 Å². The largest absolute Gasteiger partial charge is 0.462 e. The van der Waals surface area contributed by atoms with E-state index in [9.17, 15) is 14.4 Å². The summed E-state index contributed by atoms with van der Waals surface area (Å²) in [4.78, 5) is 38.3. The van der Waals surface area contributed by atoms with Crippen LogP contribution in [0.5, 0.6) is 0 Å². The summed E-state index contributed by atoms with van der Waals surface area (Å²) in [5, 5.41) is 2.80. The lowest BCUT2D eigenvalue weighted by atomic mass is 10.1. The zero-order valence-corrected chi connectivity index (χ0v) is 14.5. The number of fused-ring (bicyclic) bond motifs is 1. The zero-order chi connectivity index (χ0) is 17.3. The number of hydrogen-bond acceptors (Lipinski definition) is 5. The van der Waals surface area contributed by atoms with Gasteiger partial charge in [-0.05, 0) is 32.4 Å². The second kappa shape index (κ2) is 6.47. The number of carbonyl (C=O) groups excluding carboxylic acids is 3. The Labute approximate surface area is 144 Å². The lowest BCUT2D eigenvalue weighted by Gasteiger charge is -2.30. The van der Waals surface area contributed by atoms with Gasteiger partial charge in [-0.15, -0.1) is 11.8 Å². The highest BCUT2D eigenvalue weighted by molar-refractivity contribution is 8.01. The molecule has 24 heavy (non-hydrogen) atoms. The number of anilines is 1. The molecule has 0 radical (unpaired) electrons. The molecule has 0 aromatic heterocycles. The minimum atomic E-state index is -0.509. The topological polar surface area (TPSA) is 75.7 Å². The molecule has 0 spiro atoms. The predicted octanol–water partition coefficient (Wildman–Crippen LogP) is 2.26. The fraction of sp³-hybridized carbons (Fsp3) is 0.471. The molecule has 0 bridgehead atoms. The van der Waals surface area contributed by atoms with Crippen molar-refractivity contribution in [2.45, 2.75) is 37.6 Å². The number of thioether (sulfide) groups is 1. The van der Waals surface area contributed by atoms with Gasteiger partial charge in [0.25, 0.3) is 0 Å². The van der Waals surface area contributed by atoms with Crippen molar-refractivity contribution < 1.29 is 19.1 Å². The number of ether oxygens (including phenoxy) is 1. The molecule has 7 heteroatoms. The molecule has 2 saturated heterocycles. The van der Waals surface area contributed by atoms with Gasteiger partial charge in [0.15, 0.2) is 0 Å². The number of amides is 2. The van der Waals surface area contributed by atoms with Crippen LogP contribution in [0.2, 0.25) is 0 Å². The molecule has 0 aliphatic carbocycles. The number of nitrogens with one attached hydrogen (secondary N) is 1. The Bertz CT molecular complexity index is 693. The Balaban J connectivity index is 1.79. The van der Waals surface area contributed by atoms with E-state index >= 15 is 0 Å². The van der Waals surface area contributed by atoms with E-state index in [1.807, 2.05) is 6.92 Å². The van der Waals surface area contributed by atoms with Crippen molar-refractivity contribution >= 4 is 35.2 Å². The van der Waals surface area contributed by atoms with Gasteiger partial charge < -0.3 is 15.0 Å². The quantitative estimate of drug-likeness (QED) is 0.845. The third-order valence-electron chi connectivity index (χ3n) is 4.43. The summed E-state index contributed by atoms with van der Waals surface area (Å²) in [7, 11) is 0. The maximum atomic E-state index is 12.7. The Morgan fingerprint density at radius 2 is 2.17 bits per heavy atom. The standard InChI is InChI=1S/C17H20N2O4S/c1-3-23-16(22)11-6-4-5-7-12(11)18-15(21)13-10-24-17(2)9-8-14(20)19(13)17/h4-7,13H,3,8-10H2,1-2H3,(H,18,21)/t13-,17-/m0/s1. The molecule has 6 nitrogen and oxygen atoms in total. The number of nitrogens with zero attached hydrogens (tertiary/aromatic N) is 1. The van der Waals surface area contributed by atoms with Crippen molar-refractivity contribution in [1.82, 2.24) is 4.90 Å². The summed E-state index contributed by atoms with van der Waals surface area (Å²) in [6, 6.07) is 6.23. The number of para-hydroxylation sites is 1. The molecule has 1 aromatic rings. The average molecular weight is 348 g/mol.